The van der Waals surface area contributed by atoms with Crippen molar-refractivity contribution in [2.45, 2.75) is 27.7 Å². The minimum absolute atomic E-state index is 0.0476. The molecule has 0 heterocycles. The smallest absolute Gasteiger partial charge is 0.228 e. The zero-order valence-electron chi connectivity index (χ0n) is 13.7. The maximum atomic E-state index is 12.7. The molecular formula is C20H23NO. The minimum atomic E-state index is 0.0476. The largest absolute Gasteiger partial charge is 0.325 e. The number of allylic oxidation sites excluding steroid dienone is 2. The molecule has 1 aliphatic rings. The van der Waals surface area contributed by atoms with Crippen molar-refractivity contribution in [3.63, 3.8) is 0 Å². The Hall–Kier alpha value is -2.09. The summed E-state index contributed by atoms with van der Waals surface area (Å²) in [6.45, 7) is 8.52. The summed E-state index contributed by atoms with van der Waals surface area (Å²) >= 11 is 0. The van der Waals surface area contributed by atoms with Gasteiger partial charge in [-0.3, -0.25) is 4.79 Å². The molecule has 0 saturated heterocycles. The molecule has 0 bridgehead atoms. The second kappa shape index (κ2) is 5.28. The first kappa shape index (κ1) is 14.8. The van der Waals surface area contributed by atoms with Gasteiger partial charge < -0.3 is 5.32 Å². The standard InChI is InChI=1S/C20H23NO/c1-13(2)12-16-18(20(16,3)4)19(22)21-17-11-7-9-14-8-5-6-10-15(14)17/h5-12,16,18H,1-4H3,(H,21,22)/t16-,18-/m0/s1. The van der Waals surface area contributed by atoms with Crippen LogP contribution in [-0.2, 0) is 4.79 Å². The van der Waals surface area contributed by atoms with Crippen LogP contribution in [0.5, 0.6) is 0 Å². The number of carbonyl (C=O) groups excluding carboxylic acids is 1. The Bertz CT molecular complexity index is 748. The highest BCUT2D eigenvalue weighted by atomic mass is 16.2. The van der Waals surface area contributed by atoms with E-state index in [1.54, 1.807) is 0 Å². The van der Waals surface area contributed by atoms with Gasteiger partial charge in [0.05, 0.1) is 5.92 Å². The summed E-state index contributed by atoms with van der Waals surface area (Å²) in [6, 6.07) is 14.2. The molecule has 0 radical (unpaired) electrons. The number of benzene rings is 2. The lowest BCUT2D eigenvalue weighted by atomic mass is 10.1. The van der Waals surface area contributed by atoms with Gasteiger partial charge in [0.15, 0.2) is 0 Å². The van der Waals surface area contributed by atoms with Crippen LogP contribution in [0, 0.1) is 17.3 Å². The van der Waals surface area contributed by atoms with E-state index in [9.17, 15) is 4.79 Å². The first-order chi connectivity index (χ1) is 10.4. The van der Waals surface area contributed by atoms with Crippen molar-refractivity contribution < 1.29 is 4.79 Å². The Balaban J connectivity index is 1.84. The summed E-state index contributed by atoms with van der Waals surface area (Å²) in [4.78, 5) is 12.7. The van der Waals surface area contributed by atoms with Gasteiger partial charge in [0, 0.05) is 11.1 Å². The van der Waals surface area contributed by atoms with E-state index in [0.717, 1.165) is 16.5 Å². The molecular weight excluding hydrogens is 270 g/mol. The lowest BCUT2D eigenvalue weighted by Gasteiger charge is -2.09. The van der Waals surface area contributed by atoms with Gasteiger partial charge in [0.2, 0.25) is 5.91 Å². The number of anilines is 1. The first-order valence-corrected chi connectivity index (χ1v) is 7.85. The van der Waals surface area contributed by atoms with E-state index < -0.39 is 0 Å². The van der Waals surface area contributed by atoms with Crippen molar-refractivity contribution in [2.24, 2.45) is 17.3 Å². The highest BCUT2D eigenvalue weighted by Crippen LogP contribution is 2.59. The zero-order valence-corrected chi connectivity index (χ0v) is 13.7. The Kier molecular flexibility index (Phi) is 3.56. The van der Waals surface area contributed by atoms with Gasteiger partial charge in [0.1, 0.15) is 0 Å². The Morgan fingerprint density at radius 3 is 2.50 bits per heavy atom. The van der Waals surface area contributed by atoms with Crippen LogP contribution >= 0.6 is 0 Å². The van der Waals surface area contributed by atoms with E-state index >= 15 is 0 Å². The fraction of sp³-hybridized carbons (Fsp3) is 0.350. The van der Waals surface area contributed by atoms with Crippen LogP contribution in [-0.4, -0.2) is 5.91 Å². The average molecular weight is 293 g/mol. The van der Waals surface area contributed by atoms with E-state index in [1.807, 2.05) is 24.3 Å². The molecule has 0 unspecified atom stereocenters. The second-order valence-electron chi connectivity index (χ2n) is 7.08. The van der Waals surface area contributed by atoms with Gasteiger partial charge in [-0.05, 0) is 36.6 Å². The summed E-state index contributed by atoms with van der Waals surface area (Å²) in [5.74, 6) is 0.526. The maximum Gasteiger partial charge on any atom is 0.228 e. The number of nitrogens with one attached hydrogen (secondary N) is 1. The highest BCUT2D eigenvalue weighted by molar-refractivity contribution is 6.04. The highest BCUT2D eigenvalue weighted by Gasteiger charge is 2.60. The molecule has 3 rings (SSSR count). The molecule has 2 atom stereocenters. The van der Waals surface area contributed by atoms with Crippen molar-refractivity contribution in [3.05, 3.63) is 54.1 Å². The number of fused-ring (bicyclic) bond motifs is 1. The molecule has 0 spiro atoms. The summed E-state index contributed by atoms with van der Waals surface area (Å²) in [5.41, 5.74) is 2.23. The summed E-state index contributed by atoms with van der Waals surface area (Å²) in [6.07, 6.45) is 2.23. The molecule has 0 aromatic heterocycles. The molecule has 22 heavy (non-hydrogen) atoms. The number of carbonyl (C=O) groups is 1. The lowest BCUT2D eigenvalue weighted by Crippen LogP contribution is -2.17. The number of hydrogen-bond acceptors (Lipinski definition) is 1. The third-order valence-electron chi connectivity index (χ3n) is 4.75. The maximum absolute atomic E-state index is 12.7. The molecule has 1 N–H and O–H groups in total. The minimum Gasteiger partial charge on any atom is -0.325 e. The zero-order chi connectivity index (χ0) is 15.9. The van der Waals surface area contributed by atoms with E-state index in [4.69, 9.17) is 0 Å². The average Bonchev–Trinajstić information content (AvgIpc) is 2.99. The SMILES string of the molecule is CC(C)=C[C@H]1[C@@H](C(=O)Nc2cccc3ccccc23)C1(C)C. The van der Waals surface area contributed by atoms with Crippen LogP contribution in [0.2, 0.25) is 0 Å². The summed E-state index contributed by atoms with van der Waals surface area (Å²) < 4.78 is 0. The number of hydrogen-bond donors (Lipinski definition) is 1. The van der Waals surface area contributed by atoms with Crippen LogP contribution in [0.15, 0.2) is 54.1 Å². The Morgan fingerprint density at radius 1 is 1.09 bits per heavy atom. The van der Waals surface area contributed by atoms with Gasteiger partial charge in [-0.15, -0.1) is 0 Å². The van der Waals surface area contributed by atoms with Crippen LogP contribution in [0.1, 0.15) is 27.7 Å². The Labute approximate surface area is 132 Å². The topological polar surface area (TPSA) is 29.1 Å². The molecule has 0 aliphatic heterocycles. The van der Waals surface area contributed by atoms with Gasteiger partial charge in [-0.2, -0.15) is 0 Å². The second-order valence-corrected chi connectivity index (χ2v) is 7.08. The van der Waals surface area contributed by atoms with Crippen LogP contribution in [0.3, 0.4) is 0 Å². The third-order valence-corrected chi connectivity index (χ3v) is 4.75. The van der Waals surface area contributed by atoms with Gasteiger partial charge >= 0.3 is 0 Å². The van der Waals surface area contributed by atoms with Crippen molar-refractivity contribution in [2.75, 3.05) is 5.32 Å². The van der Waals surface area contributed by atoms with Crippen molar-refractivity contribution in [1.29, 1.82) is 0 Å². The van der Waals surface area contributed by atoms with Crippen LogP contribution in [0.25, 0.3) is 10.8 Å². The normalized spacial score (nSPS) is 22.2. The van der Waals surface area contributed by atoms with E-state index in [1.165, 1.54) is 5.57 Å². The fourth-order valence-electron chi connectivity index (χ4n) is 3.39. The molecule has 1 fully saturated rings. The van der Waals surface area contributed by atoms with E-state index in [2.05, 4.69) is 57.3 Å². The fourth-order valence-corrected chi connectivity index (χ4v) is 3.39. The van der Waals surface area contributed by atoms with Crippen molar-refractivity contribution in [3.8, 4) is 0 Å². The molecule has 2 aromatic rings. The Morgan fingerprint density at radius 2 is 1.77 bits per heavy atom. The van der Waals surface area contributed by atoms with Crippen LogP contribution < -0.4 is 5.32 Å². The van der Waals surface area contributed by atoms with Gasteiger partial charge in [-0.1, -0.05) is 61.9 Å². The van der Waals surface area contributed by atoms with Gasteiger partial charge in [-0.25, -0.2) is 0 Å². The molecule has 2 aromatic carbocycles. The van der Waals surface area contributed by atoms with Gasteiger partial charge in [0.25, 0.3) is 0 Å². The van der Waals surface area contributed by atoms with Crippen LogP contribution in [0.4, 0.5) is 5.69 Å². The molecule has 1 saturated carbocycles. The molecule has 2 heteroatoms. The van der Waals surface area contributed by atoms with Crippen molar-refractivity contribution in [1.82, 2.24) is 0 Å². The van der Waals surface area contributed by atoms with Crippen molar-refractivity contribution >= 4 is 22.4 Å². The third kappa shape index (κ3) is 2.54. The number of rotatable bonds is 3. The first-order valence-electron chi connectivity index (χ1n) is 7.85. The van der Waals surface area contributed by atoms with E-state index in [0.29, 0.717) is 5.92 Å². The number of amides is 1. The predicted molar refractivity (Wildman–Crippen MR) is 92.8 cm³/mol. The molecule has 114 valence electrons. The molecule has 1 aliphatic carbocycles. The van der Waals surface area contributed by atoms with E-state index in [-0.39, 0.29) is 17.2 Å². The summed E-state index contributed by atoms with van der Waals surface area (Å²) in [5, 5.41) is 5.38. The predicted octanol–water partition coefficient (Wildman–Crippen LogP) is 5.02. The monoisotopic (exact) mass is 293 g/mol. The lowest BCUT2D eigenvalue weighted by molar-refractivity contribution is -0.118. The summed E-state index contributed by atoms with van der Waals surface area (Å²) in [7, 11) is 0. The quantitative estimate of drug-likeness (QED) is 0.791. The molecule has 2 nitrogen and oxygen atoms in total. The molecule has 1 amide bonds.